The summed E-state index contributed by atoms with van der Waals surface area (Å²) in [6, 6.07) is 3.82. The summed E-state index contributed by atoms with van der Waals surface area (Å²) in [5.41, 5.74) is -0.722. The van der Waals surface area contributed by atoms with Crippen molar-refractivity contribution in [2.24, 2.45) is 0 Å². The Bertz CT molecular complexity index is 347. The fourth-order valence-corrected chi connectivity index (χ4v) is 1.54. The second-order valence-electron chi connectivity index (χ2n) is 3.31. The first kappa shape index (κ1) is 12.4. The van der Waals surface area contributed by atoms with Crippen LogP contribution < -0.4 is 4.74 Å². The Balaban J connectivity index is 3.06. The van der Waals surface area contributed by atoms with E-state index >= 15 is 0 Å². The third kappa shape index (κ3) is 3.41. The SMILES string of the molecule is CC(C)Oc1ccc(Br)c(C(F)(F)F)c1. The molecule has 0 aliphatic carbocycles. The molecule has 1 aromatic rings. The Morgan fingerprint density at radius 3 is 2.33 bits per heavy atom. The van der Waals surface area contributed by atoms with Crippen LogP contribution in [-0.4, -0.2) is 6.10 Å². The van der Waals surface area contributed by atoms with Gasteiger partial charge in [-0.1, -0.05) is 15.9 Å². The first-order valence-electron chi connectivity index (χ1n) is 4.34. The molecular formula is C10H10BrF3O. The van der Waals surface area contributed by atoms with Crippen molar-refractivity contribution in [3.8, 4) is 5.75 Å². The number of hydrogen-bond donors (Lipinski definition) is 0. The molecule has 0 bridgehead atoms. The van der Waals surface area contributed by atoms with Crippen molar-refractivity contribution in [1.29, 1.82) is 0 Å². The van der Waals surface area contributed by atoms with Gasteiger partial charge in [0, 0.05) is 4.47 Å². The van der Waals surface area contributed by atoms with E-state index in [2.05, 4.69) is 15.9 Å². The second-order valence-corrected chi connectivity index (χ2v) is 4.16. The lowest BCUT2D eigenvalue weighted by atomic mass is 10.2. The number of alkyl halides is 3. The minimum Gasteiger partial charge on any atom is -0.491 e. The fraction of sp³-hybridized carbons (Fsp3) is 0.400. The highest BCUT2D eigenvalue weighted by Crippen LogP contribution is 2.36. The minimum absolute atomic E-state index is 0.0195. The van der Waals surface area contributed by atoms with Crippen LogP contribution in [0.1, 0.15) is 19.4 Å². The van der Waals surface area contributed by atoms with Crippen molar-refractivity contribution in [2.75, 3.05) is 0 Å². The molecule has 0 aliphatic heterocycles. The van der Waals surface area contributed by atoms with E-state index in [9.17, 15) is 13.2 Å². The predicted octanol–water partition coefficient (Wildman–Crippen LogP) is 4.26. The molecule has 15 heavy (non-hydrogen) atoms. The summed E-state index contributed by atoms with van der Waals surface area (Å²) in [5, 5.41) is 0. The maximum atomic E-state index is 12.5. The van der Waals surface area contributed by atoms with Gasteiger partial charge in [0.2, 0.25) is 0 Å². The van der Waals surface area contributed by atoms with Crippen LogP contribution in [0.4, 0.5) is 13.2 Å². The lowest BCUT2D eigenvalue weighted by molar-refractivity contribution is -0.138. The summed E-state index contributed by atoms with van der Waals surface area (Å²) < 4.78 is 42.6. The highest BCUT2D eigenvalue weighted by atomic mass is 79.9. The first-order valence-corrected chi connectivity index (χ1v) is 5.13. The molecule has 0 amide bonds. The van der Waals surface area contributed by atoms with Gasteiger partial charge in [0.25, 0.3) is 0 Å². The van der Waals surface area contributed by atoms with Gasteiger partial charge in [0.1, 0.15) is 5.75 Å². The topological polar surface area (TPSA) is 9.23 Å². The van der Waals surface area contributed by atoms with Crippen LogP contribution in [0.25, 0.3) is 0 Å². The van der Waals surface area contributed by atoms with Crippen LogP contribution in [0.2, 0.25) is 0 Å². The molecule has 0 saturated heterocycles. The lowest BCUT2D eigenvalue weighted by Gasteiger charge is -2.13. The number of rotatable bonds is 2. The Kier molecular flexibility index (Phi) is 3.65. The van der Waals surface area contributed by atoms with Crippen molar-refractivity contribution >= 4 is 15.9 Å². The molecule has 0 N–H and O–H groups in total. The summed E-state index contributed by atoms with van der Waals surface area (Å²) in [7, 11) is 0. The zero-order chi connectivity index (χ0) is 11.6. The largest absolute Gasteiger partial charge is 0.491 e. The molecule has 0 aliphatic rings. The van der Waals surface area contributed by atoms with E-state index in [0.717, 1.165) is 6.07 Å². The molecule has 84 valence electrons. The van der Waals surface area contributed by atoms with Gasteiger partial charge in [0.05, 0.1) is 11.7 Å². The van der Waals surface area contributed by atoms with E-state index in [1.54, 1.807) is 13.8 Å². The number of hydrogen-bond acceptors (Lipinski definition) is 1. The molecule has 0 unspecified atom stereocenters. The van der Waals surface area contributed by atoms with Crippen molar-refractivity contribution in [2.45, 2.75) is 26.1 Å². The summed E-state index contributed by atoms with van der Waals surface area (Å²) in [5.74, 6) is 0.223. The van der Waals surface area contributed by atoms with E-state index < -0.39 is 11.7 Å². The smallest absolute Gasteiger partial charge is 0.417 e. The first-order chi connectivity index (χ1) is 6.80. The fourth-order valence-electron chi connectivity index (χ4n) is 1.07. The summed E-state index contributed by atoms with van der Waals surface area (Å²) >= 11 is 2.86. The van der Waals surface area contributed by atoms with Crippen molar-refractivity contribution < 1.29 is 17.9 Å². The van der Waals surface area contributed by atoms with Gasteiger partial charge >= 0.3 is 6.18 Å². The lowest BCUT2D eigenvalue weighted by Crippen LogP contribution is -2.09. The molecule has 0 aromatic heterocycles. The quantitative estimate of drug-likeness (QED) is 0.788. The minimum atomic E-state index is -4.37. The average molecular weight is 283 g/mol. The van der Waals surface area contributed by atoms with E-state index in [1.165, 1.54) is 12.1 Å². The maximum absolute atomic E-state index is 12.5. The van der Waals surface area contributed by atoms with E-state index in [1.807, 2.05) is 0 Å². The number of benzene rings is 1. The van der Waals surface area contributed by atoms with E-state index in [0.29, 0.717) is 0 Å². The molecule has 0 atom stereocenters. The van der Waals surface area contributed by atoms with Crippen LogP contribution in [-0.2, 0) is 6.18 Å². The normalized spacial score (nSPS) is 11.9. The molecule has 1 rings (SSSR count). The third-order valence-electron chi connectivity index (χ3n) is 1.62. The third-order valence-corrected chi connectivity index (χ3v) is 2.31. The molecular weight excluding hydrogens is 273 g/mol. The molecule has 1 nitrogen and oxygen atoms in total. The van der Waals surface area contributed by atoms with Crippen molar-refractivity contribution in [3.63, 3.8) is 0 Å². The monoisotopic (exact) mass is 282 g/mol. The van der Waals surface area contributed by atoms with Gasteiger partial charge < -0.3 is 4.74 Å². The van der Waals surface area contributed by atoms with Gasteiger partial charge in [-0.15, -0.1) is 0 Å². The van der Waals surface area contributed by atoms with Gasteiger partial charge in [-0.2, -0.15) is 13.2 Å². The van der Waals surface area contributed by atoms with Gasteiger partial charge in [0.15, 0.2) is 0 Å². The Morgan fingerprint density at radius 2 is 1.87 bits per heavy atom. The molecule has 0 fully saturated rings. The molecule has 5 heteroatoms. The van der Waals surface area contributed by atoms with Crippen molar-refractivity contribution in [3.05, 3.63) is 28.2 Å². The highest BCUT2D eigenvalue weighted by molar-refractivity contribution is 9.10. The molecule has 0 spiro atoms. The number of ether oxygens (including phenoxy) is 1. The standard InChI is InChI=1S/C10H10BrF3O/c1-6(2)15-7-3-4-9(11)8(5-7)10(12,13)14/h3-6H,1-2H3. The summed E-state index contributed by atoms with van der Waals surface area (Å²) in [6.07, 6.45) is -4.51. The molecule has 0 radical (unpaired) electrons. The Hall–Kier alpha value is -0.710. The maximum Gasteiger partial charge on any atom is 0.417 e. The van der Waals surface area contributed by atoms with Gasteiger partial charge in [-0.3, -0.25) is 0 Å². The van der Waals surface area contributed by atoms with Crippen LogP contribution in [0.5, 0.6) is 5.75 Å². The van der Waals surface area contributed by atoms with Crippen molar-refractivity contribution in [1.82, 2.24) is 0 Å². The summed E-state index contributed by atoms with van der Waals surface area (Å²) in [4.78, 5) is 0. The molecule has 0 heterocycles. The Morgan fingerprint density at radius 1 is 1.27 bits per heavy atom. The second kappa shape index (κ2) is 4.43. The van der Waals surface area contributed by atoms with Crippen LogP contribution in [0.3, 0.4) is 0 Å². The highest BCUT2D eigenvalue weighted by Gasteiger charge is 2.33. The average Bonchev–Trinajstić information content (AvgIpc) is 2.05. The van der Waals surface area contributed by atoms with Gasteiger partial charge in [-0.25, -0.2) is 0 Å². The number of halogens is 4. The van der Waals surface area contributed by atoms with Gasteiger partial charge in [-0.05, 0) is 32.0 Å². The molecule has 1 aromatic carbocycles. The van der Waals surface area contributed by atoms with E-state index in [-0.39, 0.29) is 16.3 Å². The van der Waals surface area contributed by atoms with E-state index in [4.69, 9.17) is 4.74 Å². The van der Waals surface area contributed by atoms with Crippen LogP contribution >= 0.6 is 15.9 Å². The summed E-state index contributed by atoms with van der Waals surface area (Å²) in [6.45, 7) is 3.52. The zero-order valence-electron chi connectivity index (χ0n) is 8.23. The zero-order valence-corrected chi connectivity index (χ0v) is 9.82. The van der Waals surface area contributed by atoms with Crippen LogP contribution in [0, 0.1) is 0 Å². The van der Waals surface area contributed by atoms with Crippen LogP contribution in [0.15, 0.2) is 22.7 Å². The molecule has 0 saturated carbocycles. The predicted molar refractivity (Wildman–Crippen MR) is 54.9 cm³/mol. The Labute approximate surface area is 94.4 Å².